The number of primary amides is 1. The third kappa shape index (κ3) is 8.59. The molecule has 3 amide bonds. The molecule has 51 heavy (non-hydrogen) atoms. The molecule has 7 nitrogen and oxygen atoms in total. The highest BCUT2D eigenvalue weighted by molar-refractivity contribution is 6.36. The minimum Gasteiger partial charge on any atom is -0.369 e. The zero-order chi connectivity index (χ0) is 35.9. The number of unbranched alkanes of at least 4 members (excludes halogenated alkanes) is 1. The fraction of sp³-hybridized carbons (Fsp3) is 0.357. The van der Waals surface area contributed by atoms with E-state index in [2.05, 4.69) is 17.1 Å². The molecule has 0 radical (unpaired) electrons. The minimum absolute atomic E-state index is 0.217. The van der Waals surface area contributed by atoms with Crippen LogP contribution in [0.5, 0.6) is 0 Å². The van der Waals surface area contributed by atoms with Crippen LogP contribution in [0.25, 0.3) is 11.1 Å². The molecule has 1 aliphatic heterocycles. The Morgan fingerprint density at radius 2 is 1.61 bits per heavy atom. The zero-order valence-electron chi connectivity index (χ0n) is 29.1. The second kappa shape index (κ2) is 16.8. The van der Waals surface area contributed by atoms with E-state index >= 15 is 0 Å². The molecular formula is C42H46Cl2N4O3. The van der Waals surface area contributed by atoms with Crippen molar-refractivity contribution in [3.63, 3.8) is 0 Å². The summed E-state index contributed by atoms with van der Waals surface area (Å²) in [6.45, 7) is 2.54. The van der Waals surface area contributed by atoms with Gasteiger partial charge in [0.2, 0.25) is 11.8 Å². The topological polar surface area (TPSA) is 95.7 Å². The summed E-state index contributed by atoms with van der Waals surface area (Å²) < 4.78 is 0. The summed E-state index contributed by atoms with van der Waals surface area (Å²) in [6, 6.07) is 30.2. The van der Waals surface area contributed by atoms with Gasteiger partial charge < -0.3 is 20.9 Å². The molecule has 1 heterocycles. The Morgan fingerprint density at radius 3 is 2.31 bits per heavy atom. The Hall–Kier alpha value is -4.33. The van der Waals surface area contributed by atoms with Crippen LogP contribution in [0, 0.1) is 17.8 Å². The number of hydrogen-bond acceptors (Lipinski definition) is 4. The number of nitrogens with one attached hydrogen (secondary N) is 1. The van der Waals surface area contributed by atoms with E-state index in [1.54, 1.807) is 17.0 Å². The van der Waals surface area contributed by atoms with Crippen molar-refractivity contribution < 1.29 is 14.4 Å². The minimum atomic E-state index is -0.898. The molecule has 1 saturated carbocycles. The van der Waals surface area contributed by atoms with Gasteiger partial charge in [0.05, 0.1) is 24.5 Å². The summed E-state index contributed by atoms with van der Waals surface area (Å²) in [5.41, 5.74) is 11.1. The van der Waals surface area contributed by atoms with Gasteiger partial charge in [0, 0.05) is 33.1 Å². The number of carbonyl (C=O) groups excluding carboxylic acids is 3. The normalized spacial score (nSPS) is 17.5. The number of rotatable bonds is 13. The van der Waals surface area contributed by atoms with E-state index in [0.717, 1.165) is 72.3 Å². The van der Waals surface area contributed by atoms with Crippen LogP contribution in [0.1, 0.15) is 63.9 Å². The number of carbonyl (C=O) groups is 3. The molecule has 2 aliphatic rings. The van der Waals surface area contributed by atoms with Crippen molar-refractivity contribution in [2.75, 3.05) is 16.3 Å². The second-order valence-electron chi connectivity index (χ2n) is 13.9. The monoisotopic (exact) mass is 724 g/mol. The summed E-state index contributed by atoms with van der Waals surface area (Å²) in [5.74, 6) is -1.79. The van der Waals surface area contributed by atoms with Crippen LogP contribution < -0.4 is 20.9 Å². The van der Waals surface area contributed by atoms with Gasteiger partial charge in [-0.15, -0.1) is 0 Å². The lowest BCUT2D eigenvalue weighted by atomic mass is 9.80. The lowest BCUT2D eigenvalue weighted by Gasteiger charge is -2.30. The molecule has 4 aromatic carbocycles. The molecule has 0 saturated heterocycles. The molecule has 266 valence electrons. The molecule has 3 unspecified atom stereocenters. The van der Waals surface area contributed by atoms with Crippen molar-refractivity contribution in [1.29, 1.82) is 0 Å². The van der Waals surface area contributed by atoms with Crippen molar-refractivity contribution in [2.45, 2.75) is 70.9 Å². The zero-order valence-corrected chi connectivity index (χ0v) is 30.6. The van der Waals surface area contributed by atoms with E-state index in [-0.39, 0.29) is 24.9 Å². The third-order valence-electron chi connectivity index (χ3n) is 10.4. The molecule has 0 spiro atoms. The van der Waals surface area contributed by atoms with Gasteiger partial charge >= 0.3 is 0 Å². The summed E-state index contributed by atoms with van der Waals surface area (Å²) in [4.78, 5) is 46.1. The van der Waals surface area contributed by atoms with Crippen molar-refractivity contribution in [3.05, 3.63) is 113 Å². The van der Waals surface area contributed by atoms with Crippen molar-refractivity contribution >= 4 is 58.0 Å². The maximum Gasteiger partial charge on any atom is 0.251 e. The number of nitrogens with zero attached hydrogens (tertiary/aromatic N) is 2. The van der Waals surface area contributed by atoms with Crippen LogP contribution in [-0.2, 0) is 20.9 Å². The van der Waals surface area contributed by atoms with E-state index in [9.17, 15) is 14.4 Å². The molecule has 3 N–H and O–H groups in total. The second-order valence-corrected chi connectivity index (χ2v) is 14.7. The van der Waals surface area contributed by atoms with E-state index in [0.29, 0.717) is 28.8 Å². The Morgan fingerprint density at radius 1 is 0.882 bits per heavy atom. The highest BCUT2D eigenvalue weighted by atomic mass is 35.5. The van der Waals surface area contributed by atoms with Crippen LogP contribution in [0.2, 0.25) is 10.0 Å². The average Bonchev–Trinajstić information content (AvgIpc) is 3.62. The van der Waals surface area contributed by atoms with E-state index < -0.39 is 23.8 Å². The van der Waals surface area contributed by atoms with Crippen molar-refractivity contribution in [1.82, 2.24) is 5.32 Å². The van der Waals surface area contributed by atoms with Gasteiger partial charge in [0.25, 0.3) is 5.91 Å². The first-order valence-corrected chi connectivity index (χ1v) is 18.9. The van der Waals surface area contributed by atoms with Gasteiger partial charge in [0.1, 0.15) is 6.04 Å². The highest BCUT2D eigenvalue weighted by Crippen LogP contribution is 2.40. The molecule has 6 rings (SSSR count). The fourth-order valence-corrected chi connectivity index (χ4v) is 8.27. The Kier molecular flexibility index (Phi) is 12.0. The van der Waals surface area contributed by atoms with Crippen LogP contribution in [0.15, 0.2) is 97.1 Å². The number of fused-ring (bicyclic) bond motifs is 1. The van der Waals surface area contributed by atoms with Crippen molar-refractivity contribution in [2.24, 2.45) is 23.5 Å². The number of amides is 3. The molecule has 3 atom stereocenters. The van der Waals surface area contributed by atoms with E-state index in [1.165, 1.54) is 0 Å². The largest absolute Gasteiger partial charge is 0.369 e. The number of hydrogen-bond donors (Lipinski definition) is 2. The molecule has 1 fully saturated rings. The number of para-hydroxylation sites is 3. The standard InChI is InChI=1S/C42H46Cl2N4O3/c1-2-3-18-34(40(45)49)35(24-28-12-7-8-13-28)41(50)46-37-27-47(32-16-5-4-6-17-32)38-19-9-10-20-39(38)48(42(37)51)26-29-14-11-15-30(23-29)33-22-21-31(43)25-36(33)44/h4-6,9-11,14-17,19-23,25,28,34-35,37H,2-3,7-8,12-13,18,24,26-27H2,1H3,(H2,45,49)(H,46,50). The van der Waals surface area contributed by atoms with Crippen molar-refractivity contribution in [3.8, 4) is 11.1 Å². The van der Waals surface area contributed by atoms with Crippen LogP contribution in [-0.4, -0.2) is 30.3 Å². The van der Waals surface area contributed by atoms with Gasteiger partial charge in [-0.2, -0.15) is 0 Å². The quantitative estimate of drug-likeness (QED) is 0.144. The third-order valence-corrected chi connectivity index (χ3v) is 11.0. The highest BCUT2D eigenvalue weighted by Gasteiger charge is 2.40. The Bertz CT molecular complexity index is 1850. The summed E-state index contributed by atoms with van der Waals surface area (Å²) >= 11 is 12.8. The van der Waals surface area contributed by atoms with Crippen LogP contribution >= 0.6 is 23.2 Å². The predicted octanol–water partition coefficient (Wildman–Crippen LogP) is 9.32. The lowest BCUT2D eigenvalue weighted by molar-refractivity contribution is -0.136. The Labute approximate surface area is 311 Å². The molecule has 4 aromatic rings. The Balaban J connectivity index is 1.37. The van der Waals surface area contributed by atoms with Gasteiger partial charge in [-0.05, 0) is 72.4 Å². The molecule has 1 aliphatic carbocycles. The number of benzene rings is 4. The fourth-order valence-electron chi connectivity index (χ4n) is 7.76. The van der Waals surface area contributed by atoms with Crippen LogP contribution in [0.3, 0.4) is 0 Å². The molecular weight excluding hydrogens is 679 g/mol. The van der Waals surface area contributed by atoms with E-state index in [1.807, 2.05) is 84.9 Å². The molecule has 0 bridgehead atoms. The summed E-state index contributed by atoms with van der Waals surface area (Å²) in [6.07, 6.45) is 7.17. The molecule has 9 heteroatoms. The van der Waals surface area contributed by atoms with E-state index in [4.69, 9.17) is 28.9 Å². The van der Waals surface area contributed by atoms with Crippen LogP contribution in [0.4, 0.5) is 17.1 Å². The van der Waals surface area contributed by atoms with Gasteiger partial charge in [-0.3, -0.25) is 14.4 Å². The maximum absolute atomic E-state index is 14.9. The number of halogens is 2. The number of anilines is 3. The summed E-state index contributed by atoms with van der Waals surface area (Å²) in [7, 11) is 0. The lowest BCUT2D eigenvalue weighted by Crippen LogP contribution is -2.54. The maximum atomic E-state index is 14.9. The SMILES string of the molecule is CCCCC(C(N)=O)C(CC1CCCC1)C(=O)NC1CN(c2ccccc2)c2ccccc2N(Cc2cccc(-c3ccc(Cl)cc3Cl)c2)C1=O. The first-order chi connectivity index (χ1) is 24.7. The summed E-state index contributed by atoms with van der Waals surface area (Å²) in [5, 5.41) is 4.28. The average molecular weight is 726 g/mol. The van der Waals surface area contributed by atoms with Gasteiger partial charge in [0.15, 0.2) is 0 Å². The number of nitrogens with two attached hydrogens (primary N) is 1. The smallest absolute Gasteiger partial charge is 0.251 e. The van der Waals surface area contributed by atoms with Gasteiger partial charge in [-0.1, -0.05) is 123 Å². The first-order valence-electron chi connectivity index (χ1n) is 18.1. The van der Waals surface area contributed by atoms with Gasteiger partial charge in [-0.25, -0.2) is 0 Å². The predicted molar refractivity (Wildman–Crippen MR) is 207 cm³/mol. The molecule has 0 aromatic heterocycles. The first kappa shape index (κ1) is 36.5.